The highest BCUT2D eigenvalue weighted by molar-refractivity contribution is 5.85. The quantitative estimate of drug-likeness (QED) is 0.652. The van der Waals surface area contributed by atoms with E-state index in [9.17, 15) is 13.6 Å². The van der Waals surface area contributed by atoms with Gasteiger partial charge >= 0.3 is 5.97 Å². The van der Waals surface area contributed by atoms with Crippen molar-refractivity contribution < 1.29 is 23.4 Å². The summed E-state index contributed by atoms with van der Waals surface area (Å²) in [5.41, 5.74) is 2.45. The van der Waals surface area contributed by atoms with Crippen molar-refractivity contribution in [2.45, 2.75) is 25.0 Å². The SMILES string of the molecule is COC(=O)[C@@H](N)[C@](C)(O)C(F)F.Cl. The molecule has 0 aromatic carbocycles. The van der Waals surface area contributed by atoms with E-state index in [4.69, 9.17) is 10.8 Å². The van der Waals surface area contributed by atoms with Gasteiger partial charge in [0.15, 0.2) is 0 Å². The van der Waals surface area contributed by atoms with Crippen LogP contribution in [0.5, 0.6) is 0 Å². The number of ether oxygens (including phenoxy) is 1. The highest BCUT2D eigenvalue weighted by Crippen LogP contribution is 2.18. The van der Waals surface area contributed by atoms with Crippen molar-refractivity contribution in [3.8, 4) is 0 Å². The minimum Gasteiger partial charge on any atom is -0.468 e. The van der Waals surface area contributed by atoms with Gasteiger partial charge in [0.25, 0.3) is 6.43 Å². The van der Waals surface area contributed by atoms with E-state index >= 15 is 0 Å². The van der Waals surface area contributed by atoms with Gasteiger partial charge in [-0.2, -0.15) is 0 Å². The van der Waals surface area contributed by atoms with Gasteiger partial charge in [-0.05, 0) is 6.92 Å². The topological polar surface area (TPSA) is 72.5 Å². The molecule has 0 heterocycles. The Labute approximate surface area is 80.5 Å². The van der Waals surface area contributed by atoms with Gasteiger partial charge in [0.1, 0.15) is 11.6 Å². The third-order valence-corrected chi connectivity index (χ3v) is 1.53. The van der Waals surface area contributed by atoms with Crippen molar-refractivity contribution in [2.75, 3.05) is 7.11 Å². The van der Waals surface area contributed by atoms with E-state index in [1.54, 1.807) is 0 Å². The Morgan fingerprint density at radius 1 is 1.62 bits per heavy atom. The zero-order chi connectivity index (χ0) is 9.94. The zero-order valence-electron chi connectivity index (χ0n) is 7.16. The van der Waals surface area contributed by atoms with Crippen LogP contribution in [0, 0.1) is 0 Å². The number of rotatable bonds is 3. The number of nitrogens with two attached hydrogens (primary N) is 1. The van der Waals surface area contributed by atoms with E-state index < -0.39 is 24.0 Å². The first-order chi connectivity index (χ1) is 5.34. The molecule has 0 unspecified atom stereocenters. The zero-order valence-corrected chi connectivity index (χ0v) is 7.98. The highest BCUT2D eigenvalue weighted by atomic mass is 35.5. The van der Waals surface area contributed by atoms with Crippen LogP contribution in [0.15, 0.2) is 0 Å². The lowest BCUT2D eigenvalue weighted by molar-refractivity contribution is -0.158. The Morgan fingerprint density at radius 2 is 2.00 bits per heavy atom. The van der Waals surface area contributed by atoms with Crippen LogP contribution in [-0.4, -0.2) is 36.3 Å². The number of alkyl halides is 2. The molecule has 13 heavy (non-hydrogen) atoms. The van der Waals surface area contributed by atoms with E-state index in [2.05, 4.69) is 4.74 Å². The predicted octanol–water partition coefficient (Wildman–Crippen LogP) is -0.0754. The van der Waals surface area contributed by atoms with Gasteiger partial charge in [-0.15, -0.1) is 12.4 Å². The van der Waals surface area contributed by atoms with Gasteiger partial charge in [0, 0.05) is 0 Å². The smallest absolute Gasteiger partial charge is 0.325 e. The van der Waals surface area contributed by atoms with Crippen LogP contribution in [0.25, 0.3) is 0 Å². The first-order valence-corrected chi connectivity index (χ1v) is 3.18. The van der Waals surface area contributed by atoms with Crippen molar-refractivity contribution in [3.05, 3.63) is 0 Å². The van der Waals surface area contributed by atoms with Crippen LogP contribution in [0.4, 0.5) is 8.78 Å². The molecule has 0 bridgehead atoms. The normalized spacial score (nSPS) is 17.2. The van der Waals surface area contributed by atoms with Crippen molar-refractivity contribution in [3.63, 3.8) is 0 Å². The molecule has 0 aliphatic rings. The molecule has 0 saturated carbocycles. The van der Waals surface area contributed by atoms with E-state index in [0.29, 0.717) is 0 Å². The second-order valence-corrected chi connectivity index (χ2v) is 2.53. The molecule has 3 N–H and O–H groups in total. The molecule has 0 aliphatic heterocycles. The van der Waals surface area contributed by atoms with Crippen LogP contribution in [0.3, 0.4) is 0 Å². The van der Waals surface area contributed by atoms with E-state index in [1.165, 1.54) is 0 Å². The number of methoxy groups -OCH3 is 1. The molecular formula is C6H12ClF2NO3. The average Bonchev–Trinajstić information content (AvgIpc) is 2.01. The number of hydrogen-bond acceptors (Lipinski definition) is 4. The standard InChI is InChI=1S/C6H11F2NO3.ClH/c1-6(11,5(7)8)3(9)4(10)12-2;/h3,5,11H,9H2,1-2H3;1H/t3-,6+;/m1./s1. The Bertz CT molecular complexity index is 177. The van der Waals surface area contributed by atoms with Gasteiger partial charge < -0.3 is 15.6 Å². The van der Waals surface area contributed by atoms with Gasteiger partial charge in [-0.25, -0.2) is 8.78 Å². The van der Waals surface area contributed by atoms with E-state index in [-0.39, 0.29) is 12.4 Å². The number of aliphatic hydroxyl groups is 1. The Kier molecular flexibility index (Phi) is 6.14. The molecule has 0 aromatic heterocycles. The van der Waals surface area contributed by atoms with Crippen LogP contribution in [0.2, 0.25) is 0 Å². The fourth-order valence-corrected chi connectivity index (χ4v) is 0.501. The molecule has 0 aromatic rings. The van der Waals surface area contributed by atoms with Gasteiger partial charge in [0.2, 0.25) is 0 Å². The van der Waals surface area contributed by atoms with Crippen molar-refractivity contribution in [1.82, 2.24) is 0 Å². The molecule has 7 heteroatoms. The number of carbonyl (C=O) groups excluding carboxylic acids is 1. The lowest BCUT2D eigenvalue weighted by atomic mass is 9.98. The summed E-state index contributed by atoms with van der Waals surface area (Å²) in [7, 11) is 1.00. The Hall–Kier alpha value is -0.460. The average molecular weight is 220 g/mol. The summed E-state index contributed by atoms with van der Waals surface area (Å²) >= 11 is 0. The third-order valence-electron chi connectivity index (χ3n) is 1.53. The minimum atomic E-state index is -3.09. The largest absolute Gasteiger partial charge is 0.468 e. The van der Waals surface area contributed by atoms with Crippen LogP contribution in [0.1, 0.15) is 6.92 Å². The van der Waals surface area contributed by atoms with E-state index in [1.807, 2.05) is 0 Å². The molecule has 4 nitrogen and oxygen atoms in total. The number of carbonyl (C=O) groups is 1. The molecular weight excluding hydrogens is 208 g/mol. The van der Waals surface area contributed by atoms with Crippen LogP contribution in [-0.2, 0) is 9.53 Å². The predicted molar refractivity (Wildman–Crippen MR) is 43.9 cm³/mol. The summed E-state index contributed by atoms with van der Waals surface area (Å²) in [4.78, 5) is 10.6. The Morgan fingerprint density at radius 3 is 2.23 bits per heavy atom. The number of halogens is 3. The van der Waals surface area contributed by atoms with Crippen molar-refractivity contribution in [1.29, 1.82) is 0 Å². The summed E-state index contributed by atoms with van der Waals surface area (Å²) in [6.45, 7) is 0.777. The number of esters is 1. The summed E-state index contributed by atoms with van der Waals surface area (Å²) in [5.74, 6) is -1.07. The molecule has 0 rings (SSSR count). The monoisotopic (exact) mass is 219 g/mol. The number of hydrogen-bond donors (Lipinski definition) is 2. The second-order valence-electron chi connectivity index (χ2n) is 2.53. The third kappa shape index (κ3) is 3.41. The molecule has 80 valence electrons. The van der Waals surface area contributed by atoms with E-state index in [0.717, 1.165) is 14.0 Å². The van der Waals surface area contributed by atoms with Gasteiger partial charge in [-0.1, -0.05) is 0 Å². The first-order valence-electron chi connectivity index (χ1n) is 3.18. The molecule has 0 fully saturated rings. The summed E-state index contributed by atoms with van der Waals surface area (Å²) in [6.07, 6.45) is -3.09. The summed E-state index contributed by atoms with van der Waals surface area (Å²) < 4.78 is 28.1. The Balaban J connectivity index is 0. The maximum absolute atomic E-state index is 12.0. The first kappa shape index (κ1) is 15.0. The minimum absolute atomic E-state index is 0. The second kappa shape index (κ2) is 5.31. The molecule has 0 amide bonds. The van der Waals surface area contributed by atoms with Crippen LogP contribution >= 0.6 is 12.4 Å². The summed E-state index contributed by atoms with van der Waals surface area (Å²) in [6, 6.07) is -1.73. The van der Waals surface area contributed by atoms with Crippen molar-refractivity contribution in [2.24, 2.45) is 5.73 Å². The molecule has 0 aliphatic carbocycles. The van der Waals surface area contributed by atoms with Crippen molar-refractivity contribution >= 4 is 18.4 Å². The highest BCUT2D eigenvalue weighted by Gasteiger charge is 2.43. The maximum atomic E-state index is 12.0. The molecule has 0 radical (unpaired) electrons. The molecule has 0 spiro atoms. The molecule has 0 saturated heterocycles. The summed E-state index contributed by atoms with van der Waals surface area (Å²) in [5, 5.41) is 8.99. The van der Waals surface area contributed by atoms with Gasteiger partial charge in [-0.3, -0.25) is 4.79 Å². The maximum Gasteiger partial charge on any atom is 0.325 e. The lowest BCUT2D eigenvalue weighted by Gasteiger charge is -2.26. The molecule has 2 atom stereocenters. The fraction of sp³-hybridized carbons (Fsp3) is 0.833. The van der Waals surface area contributed by atoms with Gasteiger partial charge in [0.05, 0.1) is 7.11 Å². The fourth-order valence-electron chi connectivity index (χ4n) is 0.501. The lowest BCUT2D eigenvalue weighted by Crippen LogP contribution is -2.55. The van der Waals surface area contributed by atoms with Crippen LogP contribution < -0.4 is 5.73 Å².